The third-order valence-corrected chi connectivity index (χ3v) is 3.91. The summed E-state index contributed by atoms with van der Waals surface area (Å²) in [6, 6.07) is 5.85. The maximum Gasteiger partial charge on any atom is 0.171 e. The normalized spacial score (nSPS) is 15.6. The zero-order valence-electron chi connectivity index (χ0n) is 12.5. The molecule has 0 saturated heterocycles. The quantitative estimate of drug-likeness (QED) is 0.939. The highest BCUT2D eigenvalue weighted by Gasteiger charge is 2.17. The van der Waals surface area contributed by atoms with Gasteiger partial charge in [0.2, 0.25) is 0 Å². The summed E-state index contributed by atoms with van der Waals surface area (Å²) in [5, 5.41) is 18.3. The fraction of sp³-hybridized carbons (Fsp3) is 0.500. The molecule has 5 nitrogen and oxygen atoms in total. The van der Waals surface area contributed by atoms with E-state index in [0.717, 1.165) is 41.5 Å². The molecule has 1 atom stereocenters. The molecule has 0 amide bonds. The van der Waals surface area contributed by atoms with Crippen molar-refractivity contribution >= 4 is 0 Å². The summed E-state index contributed by atoms with van der Waals surface area (Å²) < 4.78 is 8.06. The van der Waals surface area contributed by atoms with Gasteiger partial charge in [-0.15, -0.1) is 10.2 Å². The number of aryl methyl sites for hydroxylation is 2. The van der Waals surface area contributed by atoms with Gasteiger partial charge < -0.3 is 14.4 Å². The Balaban J connectivity index is 1.79. The van der Waals surface area contributed by atoms with E-state index < -0.39 is 6.10 Å². The van der Waals surface area contributed by atoms with E-state index in [2.05, 4.69) is 14.8 Å². The summed E-state index contributed by atoms with van der Waals surface area (Å²) in [5.41, 5.74) is 1.91. The van der Waals surface area contributed by atoms with Gasteiger partial charge in [-0.25, -0.2) is 0 Å². The first-order valence-corrected chi connectivity index (χ1v) is 7.47. The largest absolute Gasteiger partial charge is 0.485 e. The van der Waals surface area contributed by atoms with Crippen LogP contribution in [0.5, 0.6) is 5.75 Å². The molecule has 0 fully saturated rings. The second-order valence-electron chi connectivity index (χ2n) is 5.65. The molecule has 5 heteroatoms. The average molecular weight is 287 g/mol. The highest BCUT2D eigenvalue weighted by molar-refractivity contribution is 5.38. The molecule has 1 aliphatic heterocycles. The number of aliphatic hydroxyl groups excluding tert-OH is 1. The molecule has 3 rings (SSSR count). The first-order valence-electron chi connectivity index (χ1n) is 7.47. The van der Waals surface area contributed by atoms with E-state index in [1.54, 1.807) is 6.92 Å². The number of rotatable bonds is 4. The number of ether oxygens (including phenoxy) is 1. The lowest BCUT2D eigenvalue weighted by atomic mass is 10.1. The molecule has 2 heterocycles. The monoisotopic (exact) mass is 287 g/mol. The van der Waals surface area contributed by atoms with Crippen LogP contribution in [-0.4, -0.2) is 19.9 Å². The van der Waals surface area contributed by atoms with Crippen molar-refractivity contribution in [1.29, 1.82) is 0 Å². The SMILES string of the molecule is Cc1ccc(C(C)O)c(OCc2nnc3n2CCCC3)c1. The molecule has 21 heavy (non-hydrogen) atoms. The number of fused-ring (bicyclic) bond motifs is 1. The van der Waals surface area contributed by atoms with Crippen LogP contribution in [-0.2, 0) is 19.6 Å². The summed E-state index contributed by atoms with van der Waals surface area (Å²) in [6.07, 6.45) is 2.80. The predicted molar refractivity (Wildman–Crippen MR) is 79.1 cm³/mol. The second-order valence-corrected chi connectivity index (χ2v) is 5.65. The van der Waals surface area contributed by atoms with Gasteiger partial charge in [0.05, 0.1) is 6.10 Å². The van der Waals surface area contributed by atoms with Crippen LogP contribution < -0.4 is 4.74 Å². The van der Waals surface area contributed by atoms with E-state index in [4.69, 9.17) is 4.74 Å². The molecule has 1 aromatic heterocycles. The summed E-state index contributed by atoms with van der Waals surface area (Å²) in [6.45, 7) is 5.11. The van der Waals surface area contributed by atoms with Gasteiger partial charge in [0.15, 0.2) is 5.82 Å². The molecule has 1 aliphatic rings. The Morgan fingerprint density at radius 1 is 1.33 bits per heavy atom. The van der Waals surface area contributed by atoms with Gasteiger partial charge in [0, 0.05) is 18.5 Å². The number of aromatic nitrogens is 3. The minimum absolute atomic E-state index is 0.385. The van der Waals surface area contributed by atoms with Crippen LogP contribution in [0.15, 0.2) is 18.2 Å². The molecule has 1 unspecified atom stereocenters. The summed E-state index contributed by atoms with van der Waals surface area (Å²) in [7, 11) is 0. The number of hydrogen-bond acceptors (Lipinski definition) is 4. The molecule has 0 spiro atoms. The Hall–Kier alpha value is -1.88. The van der Waals surface area contributed by atoms with Crippen molar-refractivity contribution in [2.45, 2.75) is 52.4 Å². The van der Waals surface area contributed by atoms with Crippen molar-refractivity contribution in [3.63, 3.8) is 0 Å². The van der Waals surface area contributed by atoms with Crippen molar-refractivity contribution in [1.82, 2.24) is 14.8 Å². The minimum atomic E-state index is -0.548. The third kappa shape index (κ3) is 2.93. The highest BCUT2D eigenvalue weighted by Crippen LogP contribution is 2.27. The molecule has 1 N–H and O–H groups in total. The van der Waals surface area contributed by atoms with E-state index >= 15 is 0 Å². The zero-order valence-corrected chi connectivity index (χ0v) is 12.5. The van der Waals surface area contributed by atoms with Gasteiger partial charge in [-0.1, -0.05) is 12.1 Å². The Morgan fingerprint density at radius 2 is 2.19 bits per heavy atom. The maximum absolute atomic E-state index is 9.83. The van der Waals surface area contributed by atoms with Crippen LogP contribution in [0, 0.1) is 6.92 Å². The lowest BCUT2D eigenvalue weighted by Crippen LogP contribution is -2.14. The van der Waals surface area contributed by atoms with E-state index in [1.807, 2.05) is 25.1 Å². The van der Waals surface area contributed by atoms with Gasteiger partial charge in [-0.2, -0.15) is 0 Å². The van der Waals surface area contributed by atoms with Gasteiger partial charge in [-0.05, 0) is 38.3 Å². The first-order chi connectivity index (χ1) is 10.1. The van der Waals surface area contributed by atoms with Crippen LogP contribution in [0.3, 0.4) is 0 Å². The Kier molecular flexibility index (Phi) is 3.92. The van der Waals surface area contributed by atoms with Gasteiger partial charge in [0.25, 0.3) is 0 Å². The number of hydrogen-bond donors (Lipinski definition) is 1. The van der Waals surface area contributed by atoms with Crippen LogP contribution >= 0.6 is 0 Å². The van der Waals surface area contributed by atoms with Crippen LogP contribution in [0.25, 0.3) is 0 Å². The molecule has 1 aromatic carbocycles. The fourth-order valence-electron chi connectivity index (χ4n) is 2.73. The van der Waals surface area contributed by atoms with Crippen LogP contribution in [0.1, 0.15) is 48.6 Å². The fourth-order valence-corrected chi connectivity index (χ4v) is 2.73. The molecule has 2 aromatic rings. The Labute approximate surface area is 124 Å². The molecule has 112 valence electrons. The summed E-state index contributed by atoms with van der Waals surface area (Å²) in [4.78, 5) is 0. The minimum Gasteiger partial charge on any atom is -0.485 e. The summed E-state index contributed by atoms with van der Waals surface area (Å²) >= 11 is 0. The standard InChI is InChI=1S/C16H21N3O2/c1-11-6-7-13(12(2)20)14(9-11)21-10-16-18-17-15-5-3-4-8-19(15)16/h6-7,9,12,20H,3-5,8,10H2,1-2H3. The van der Waals surface area contributed by atoms with Gasteiger partial charge >= 0.3 is 0 Å². The Morgan fingerprint density at radius 3 is 3.00 bits per heavy atom. The van der Waals surface area contributed by atoms with E-state index in [1.165, 1.54) is 12.8 Å². The first kappa shape index (κ1) is 14.1. The second kappa shape index (κ2) is 5.85. The van der Waals surface area contributed by atoms with Crippen molar-refractivity contribution < 1.29 is 9.84 Å². The van der Waals surface area contributed by atoms with E-state index in [0.29, 0.717) is 6.61 Å². The van der Waals surface area contributed by atoms with Crippen molar-refractivity contribution in [3.8, 4) is 5.75 Å². The van der Waals surface area contributed by atoms with E-state index in [9.17, 15) is 5.11 Å². The molecule has 0 saturated carbocycles. The number of aliphatic hydroxyl groups is 1. The highest BCUT2D eigenvalue weighted by atomic mass is 16.5. The van der Waals surface area contributed by atoms with E-state index in [-0.39, 0.29) is 0 Å². The van der Waals surface area contributed by atoms with Crippen molar-refractivity contribution in [3.05, 3.63) is 41.0 Å². The molecule has 0 radical (unpaired) electrons. The van der Waals surface area contributed by atoms with Crippen molar-refractivity contribution in [2.24, 2.45) is 0 Å². The van der Waals surface area contributed by atoms with Gasteiger partial charge in [0.1, 0.15) is 18.2 Å². The topological polar surface area (TPSA) is 60.2 Å². The maximum atomic E-state index is 9.83. The lowest BCUT2D eigenvalue weighted by molar-refractivity contribution is 0.189. The van der Waals surface area contributed by atoms with Crippen molar-refractivity contribution in [2.75, 3.05) is 0 Å². The molecule has 0 bridgehead atoms. The zero-order chi connectivity index (χ0) is 14.8. The third-order valence-electron chi connectivity index (χ3n) is 3.91. The number of nitrogens with zero attached hydrogens (tertiary/aromatic N) is 3. The van der Waals surface area contributed by atoms with Crippen LogP contribution in [0.2, 0.25) is 0 Å². The number of benzene rings is 1. The average Bonchev–Trinajstić information content (AvgIpc) is 2.88. The molecule has 0 aliphatic carbocycles. The van der Waals surface area contributed by atoms with Gasteiger partial charge in [-0.3, -0.25) is 0 Å². The molecular weight excluding hydrogens is 266 g/mol. The predicted octanol–water partition coefficient (Wildman–Crippen LogP) is 2.56. The molecular formula is C16H21N3O2. The smallest absolute Gasteiger partial charge is 0.171 e. The lowest BCUT2D eigenvalue weighted by Gasteiger charge is -2.16. The summed E-state index contributed by atoms with van der Waals surface area (Å²) in [5.74, 6) is 2.64. The van der Waals surface area contributed by atoms with Crippen LogP contribution in [0.4, 0.5) is 0 Å². The Bertz CT molecular complexity index is 634.